The zero-order valence-corrected chi connectivity index (χ0v) is 33.8. The van der Waals surface area contributed by atoms with Crippen LogP contribution in [0.1, 0.15) is 75.8 Å². The number of rotatable bonds is 13. The number of methoxy groups -OCH3 is 1. The van der Waals surface area contributed by atoms with E-state index < -0.39 is 0 Å². The maximum atomic E-state index is 5.20. The van der Waals surface area contributed by atoms with Gasteiger partial charge in [-0.2, -0.15) is 0 Å². The fourth-order valence-corrected chi connectivity index (χ4v) is 4.77. The first kappa shape index (κ1) is 43.9. The zero-order valence-electron chi connectivity index (χ0n) is 33.8. The number of aryl methyl sites for hydroxylation is 2. The third-order valence-corrected chi connectivity index (χ3v) is 9.29. The van der Waals surface area contributed by atoms with Gasteiger partial charge in [0.2, 0.25) is 0 Å². The van der Waals surface area contributed by atoms with Crippen LogP contribution in [0.25, 0.3) is 16.7 Å². The topological polar surface area (TPSA) is 9.23 Å². The lowest BCUT2D eigenvalue weighted by Crippen LogP contribution is -2.29. The van der Waals surface area contributed by atoms with Crippen LogP contribution in [0.3, 0.4) is 0 Å². The Balaban J connectivity index is 0.000000535. The monoisotopic (exact) mass is 702 g/mol. The van der Waals surface area contributed by atoms with E-state index in [1.807, 2.05) is 60.7 Å². The molecule has 0 amide bonds. The van der Waals surface area contributed by atoms with Crippen LogP contribution < -0.4 is 0 Å². The van der Waals surface area contributed by atoms with Crippen LogP contribution in [0.2, 0.25) is 0 Å². The molecule has 0 N–H and O–H groups in total. The Bertz CT molecular complexity index is 1860. The molecule has 0 bridgehead atoms. The third-order valence-electron chi connectivity index (χ3n) is 9.29. The lowest BCUT2D eigenvalue weighted by molar-refractivity contribution is -0.0157. The van der Waals surface area contributed by atoms with Crippen molar-refractivity contribution in [3.05, 3.63) is 222 Å². The Kier molecular flexibility index (Phi) is 19.3. The van der Waals surface area contributed by atoms with Gasteiger partial charge in [0.05, 0.1) is 5.60 Å². The van der Waals surface area contributed by atoms with Gasteiger partial charge >= 0.3 is 0 Å². The van der Waals surface area contributed by atoms with E-state index in [4.69, 9.17) is 4.74 Å². The van der Waals surface area contributed by atoms with Crippen molar-refractivity contribution in [1.82, 2.24) is 0 Å². The fraction of sp³-hybridized carbons (Fsp3) is 0.231. The average molecular weight is 703 g/mol. The summed E-state index contributed by atoms with van der Waals surface area (Å²) in [5.74, 6) is 0.590. The summed E-state index contributed by atoms with van der Waals surface area (Å²) >= 11 is 0. The zero-order chi connectivity index (χ0) is 39.2. The molecule has 1 nitrogen and oxygen atoms in total. The minimum Gasteiger partial charge on any atom is -0.379 e. The van der Waals surface area contributed by atoms with Gasteiger partial charge in [0.1, 0.15) is 0 Å². The van der Waals surface area contributed by atoms with Crippen LogP contribution in [-0.2, 0) is 4.74 Å². The maximum Gasteiger partial charge on any atom is 0.0645 e. The highest BCUT2D eigenvalue weighted by atomic mass is 16.5. The molecule has 0 saturated heterocycles. The van der Waals surface area contributed by atoms with Gasteiger partial charge in [-0.15, -0.1) is 0 Å². The Labute approximate surface area is 322 Å². The van der Waals surface area contributed by atoms with Gasteiger partial charge in [-0.05, 0) is 104 Å². The molecule has 0 aliphatic carbocycles. The summed E-state index contributed by atoms with van der Waals surface area (Å²) < 4.78 is 5.20. The van der Waals surface area contributed by atoms with Crippen molar-refractivity contribution in [2.75, 3.05) is 7.11 Å². The first-order valence-electron chi connectivity index (χ1n) is 18.5. The van der Waals surface area contributed by atoms with Gasteiger partial charge in [0.15, 0.2) is 0 Å². The molecule has 4 rings (SSSR count). The van der Waals surface area contributed by atoms with Crippen LogP contribution in [0.4, 0.5) is 0 Å². The van der Waals surface area contributed by atoms with E-state index in [1.165, 1.54) is 27.8 Å². The second-order valence-electron chi connectivity index (χ2n) is 14.1. The summed E-state index contributed by atoms with van der Waals surface area (Å²) in [7, 11) is 1.75. The van der Waals surface area contributed by atoms with Gasteiger partial charge in [-0.3, -0.25) is 0 Å². The van der Waals surface area contributed by atoms with Gasteiger partial charge in [-0.1, -0.05) is 203 Å². The molecule has 0 fully saturated rings. The quantitative estimate of drug-likeness (QED) is 0.126. The molecular weight excluding hydrogens is 641 g/mol. The molecule has 53 heavy (non-hydrogen) atoms. The summed E-state index contributed by atoms with van der Waals surface area (Å²) in [6.07, 6.45) is 15.6. The minimum atomic E-state index is 0.0417. The average Bonchev–Trinajstić information content (AvgIpc) is 3.16. The van der Waals surface area contributed by atoms with Crippen LogP contribution in [0.5, 0.6) is 0 Å². The summed E-state index contributed by atoms with van der Waals surface area (Å²) in [6, 6.07) is 39.5. The molecule has 0 aromatic heterocycles. The first-order chi connectivity index (χ1) is 25.3. The molecule has 0 aliphatic rings. The molecule has 4 aromatic carbocycles. The molecule has 0 radical (unpaired) electrons. The Morgan fingerprint density at radius 2 is 1.19 bits per heavy atom. The highest BCUT2D eigenvalue weighted by Gasteiger charge is 2.20. The number of hydrogen-bond acceptors (Lipinski definition) is 1. The van der Waals surface area contributed by atoms with Crippen LogP contribution >= 0.6 is 0 Å². The third kappa shape index (κ3) is 16.8. The first-order valence-corrected chi connectivity index (χ1v) is 18.5. The lowest BCUT2D eigenvalue weighted by Gasteiger charge is -2.26. The van der Waals surface area contributed by atoms with E-state index in [-0.39, 0.29) is 5.60 Å². The van der Waals surface area contributed by atoms with Crippen molar-refractivity contribution in [2.45, 2.75) is 67.4 Å². The Morgan fingerprint density at radius 1 is 0.679 bits per heavy atom. The van der Waals surface area contributed by atoms with E-state index in [9.17, 15) is 0 Å². The van der Waals surface area contributed by atoms with Crippen molar-refractivity contribution in [2.24, 2.45) is 5.92 Å². The highest BCUT2D eigenvalue weighted by molar-refractivity contribution is 5.75. The fourth-order valence-electron chi connectivity index (χ4n) is 4.77. The summed E-state index contributed by atoms with van der Waals surface area (Å²) in [5, 5.41) is 0. The Hall–Kier alpha value is -5.24. The van der Waals surface area contributed by atoms with E-state index in [1.54, 1.807) is 7.11 Å². The molecule has 4 aromatic rings. The molecule has 1 heteroatoms. The molecule has 0 saturated carbocycles. The summed E-state index contributed by atoms with van der Waals surface area (Å²) in [5.41, 5.74) is 12.7. The van der Waals surface area contributed by atoms with Crippen LogP contribution in [0, 0.1) is 19.8 Å². The SMILES string of the molecule is C=C/C(=C\C=C(/C)C(=C)/C=C(\C=C(/C)c1ccc(C)cc1)C/C=C\C(=C)c1ccccc1)c1ccccc1.COC(C)(C)C(C)C.Cc1ccccc1. The van der Waals surface area contributed by atoms with E-state index in [2.05, 4.69) is 172 Å². The Morgan fingerprint density at radius 3 is 1.64 bits per heavy atom. The smallest absolute Gasteiger partial charge is 0.0645 e. The number of ether oxygens (including phenoxy) is 1. The van der Waals surface area contributed by atoms with Crippen molar-refractivity contribution < 1.29 is 4.74 Å². The van der Waals surface area contributed by atoms with Gasteiger partial charge in [-0.25, -0.2) is 0 Å². The van der Waals surface area contributed by atoms with E-state index >= 15 is 0 Å². The van der Waals surface area contributed by atoms with Crippen molar-refractivity contribution in [3.63, 3.8) is 0 Å². The molecule has 276 valence electrons. The van der Waals surface area contributed by atoms with E-state index in [0.717, 1.165) is 39.8 Å². The predicted molar refractivity (Wildman–Crippen MR) is 237 cm³/mol. The van der Waals surface area contributed by atoms with E-state index in [0.29, 0.717) is 5.92 Å². The molecule has 0 spiro atoms. The second kappa shape index (κ2) is 23.3. The second-order valence-corrected chi connectivity index (χ2v) is 14.1. The van der Waals surface area contributed by atoms with Crippen molar-refractivity contribution >= 4 is 16.7 Å². The molecular formula is C52H62O. The number of benzene rings is 4. The highest BCUT2D eigenvalue weighted by Crippen LogP contribution is 2.23. The lowest BCUT2D eigenvalue weighted by atomic mass is 9.95. The molecule has 0 heterocycles. The molecule has 0 aliphatic heterocycles. The van der Waals surface area contributed by atoms with Crippen molar-refractivity contribution in [3.8, 4) is 0 Å². The van der Waals surface area contributed by atoms with Crippen LogP contribution in [0.15, 0.2) is 194 Å². The summed E-state index contributed by atoms with van der Waals surface area (Å²) in [4.78, 5) is 0. The number of hydrogen-bond donors (Lipinski definition) is 0. The molecule has 0 unspecified atom stereocenters. The van der Waals surface area contributed by atoms with Gasteiger partial charge < -0.3 is 4.74 Å². The van der Waals surface area contributed by atoms with Gasteiger partial charge in [0, 0.05) is 7.11 Å². The standard InChI is InChI=1S/C38H38.C7H16O.C7H8/c1-7-35(38-19-12-9-13-20-38)26-23-30(3)32(5)27-34(28-33(6)37-24-21-29(2)22-25-37)16-14-15-31(4)36-17-10-8-11-18-36;1-6(2)7(3,4)8-5;1-7-5-3-2-4-6-7/h7-15,17-28H,1,4-5,16H2,2-3,6H3;6H,1-5H3;2-6H,1H3/b15-14-,30-23+,33-28+,34-27-,35-26+;;. The van der Waals surface area contributed by atoms with Gasteiger partial charge in [0.25, 0.3) is 0 Å². The normalized spacial score (nSPS) is 12.4. The summed E-state index contributed by atoms with van der Waals surface area (Å²) in [6.45, 7) is 29.6. The number of allylic oxidation sites excluding steroid dienone is 13. The predicted octanol–water partition coefficient (Wildman–Crippen LogP) is 14.8. The molecule has 0 atom stereocenters. The largest absolute Gasteiger partial charge is 0.379 e. The maximum absolute atomic E-state index is 5.20. The minimum absolute atomic E-state index is 0.0417. The van der Waals surface area contributed by atoms with Crippen LogP contribution in [-0.4, -0.2) is 12.7 Å². The van der Waals surface area contributed by atoms with Crippen molar-refractivity contribution in [1.29, 1.82) is 0 Å².